The first-order valence-corrected chi connectivity index (χ1v) is 5.72. The molecule has 2 rings (SSSR count). The highest BCUT2D eigenvalue weighted by atomic mass is 16.7. The zero-order valence-electron chi connectivity index (χ0n) is 10.9. The number of likely N-dealkylation sites (N-methyl/N-ethyl adjacent to an activating group) is 1. The Morgan fingerprint density at radius 3 is 3.12 bits per heavy atom. The van der Waals surface area contributed by atoms with Crippen molar-refractivity contribution in [2.24, 2.45) is 0 Å². The molecule has 1 aliphatic rings. The van der Waals surface area contributed by atoms with Crippen molar-refractivity contribution in [3.8, 4) is 11.5 Å². The highest BCUT2D eigenvalue weighted by Gasteiger charge is 2.20. The van der Waals surface area contributed by atoms with Crippen LogP contribution < -0.4 is 14.8 Å². The van der Waals surface area contributed by atoms with Gasteiger partial charge in [-0.1, -0.05) is 13.8 Å². The van der Waals surface area contributed by atoms with Crippen molar-refractivity contribution in [2.45, 2.75) is 26.3 Å². The minimum absolute atomic E-state index is 0.0317. The summed E-state index contributed by atoms with van der Waals surface area (Å²) in [4.78, 5) is 12.3. The highest BCUT2D eigenvalue weighted by molar-refractivity contribution is 6.00. The van der Waals surface area contributed by atoms with Gasteiger partial charge in [-0.3, -0.25) is 4.79 Å². The molecule has 1 aliphatic heterocycles. The third-order valence-electron chi connectivity index (χ3n) is 2.77. The van der Waals surface area contributed by atoms with Gasteiger partial charge in [-0.2, -0.15) is 0 Å². The van der Waals surface area contributed by atoms with Gasteiger partial charge in [0.2, 0.25) is 6.79 Å². The molecule has 0 fully saturated rings. The molecule has 1 heterocycles. The van der Waals surface area contributed by atoms with Crippen LogP contribution in [0.25, 0.3) is 0 Å². The second-order valence-electron chi connectivity index (χ2n) is 3.85. The molecule has 1 aromatic rings. The van der Waals surface area contributed by atoms with E-state index >= 15 is 0 Å². The molecular formula is C13H17NO3. The van der Waals surface area contributed by atoms with E-state index in [1.165, 1.54) is 0 Å². The van der Waals surface area contributed by atoms with E-state index in [-0.39, 0.29) is 25.5 Å². The van der Waals surface area contributed by atoms with E-state index in [2.05, 4.69) is 5.32 Å². The molecule has 0 aliphatic carbocycles. The van der Waals surface area contributed by atoms with Crippen LogP contribution in [-0.2, 0) is 0 Å². The predicted octanol–water partition coefficient (Wildman–Crippen LogP) is 1.99. The zero-order valence-corrected chi connectivity index (χ0v) is 9.86. The van der Waals surface area contributed by atoms with Gasteiger partial charge < -0.3 is 14.8 Å². The minimum atomic E-state index is -0.240. The molecule has 1 aromatic carbocycles. The van der Waals surface area contributed by atoms with Crippen LogP contribution in [0.3, 0.4) is 0 Å². The summed E-state index contributed by atoms with van der Waals surface area (Å²) in [6.45, 7) is 2.95. The molecule has 92 valence electrons. The SMILES string of the molecule is [2H]CCNC(CC)C(=O)c1ccc2c(c1)OCO2. The van der Waals surface area contributed by atoms with E-state index in [1.54, 1.807) is 18.2 Å². The molecule has 0 aromatic heterocycles. The highest BCUT2D eigenvalue weighted by Crippen LogP contribution is 2.32. The van der Waals surface area contributed by atoms with Gasteiger partial charge in [-0.25, -0.2) is 0 Å². The molecule has 0 saturated heterocycles. The average Bonchev–Trinajstić information content (AvgIpc) is 2.86. The van der Waals surface area contributed by atoms with Crippen LogP contribution in [0.5, 0.6) is 11.5 Å². The van der Waals surface area contributed by atoms with E-state index in [1.807, 2.05) is 6.92 Å². The molecule has 4 heteroatoms. The smallest absolute Gasteiger partial charge is 0.231 e. The third kappa shape index (κ3) is 2.42. The number of rotatable bonds is 5. The molecule has 0 amide bonds. The number of carbonyl (C=O) groups is 1. The number of carbonyl (C=O) groups excluding carboxylic acids is 1. The Hall–Kier alpha value is -1.55. The van der Waals surface area contributed by atoms with Gasteiger partial charge in [0.15, 0.2) is 17.3 Å². The van der Waals surface area contributed by atoms with Crippen LogP contribution in [0.15, 0.2) is 18.2 Å². The second kappa shape index (κ2) is 5.19. The van der Waals surface area contributed by atoms with Crippen LogP contribution in [0.1, 0.15) is 32.0 Å². The largest absolute Gasteiger partial charge is 0.454 e. The average molecular weight is 236 g/mol. The number of fused-ring (bicyclic) bond motifs is 1. The first-order valence-electron chi connectivity index (χ1n) is 6.43. The number of ether oxygens (including phenoxy) is 2. The number of ketones is 1. The van der Waals surface area contributed by atoms with Crippen molar-refractivity contribution in [3.63, 3.8) is 0 Å². The molecule has 0 saturated carbocycles. The Kier molecular flexibility index (Phi) is 3.23. The quantitative estimate of drug-likeness (QED) is 0.794. The number of hydrogen-bond acceptors (Lipinski definition) is 4. The molecule has 0 bridgehead atoms. The van der Waals surface area contributed by atoms with Crippen molar-refractivity contribution < 1.29 is 15.6 Å². The number of hydrogen-bond donors (Lipinski definition) is 1. The van der Waals surface area contributed by atoms with Gasteiger partial charge in [0.05, 0.1) is 6.04 Å². The van der Waals surface area contributed by atoms with Crippen molar-refractivity contribution in [3.05, 3.63) is 23.8 Å². The maximum absolute atomic E-state index is 12.3. The zero-order chi connectivity index (χ0) is 13.0. The molecule has 0 spiro atoms. The van der Waals surface area contributed by atoms with Crippen molar-refractivity contribution in [2.75, 3.05) is 13.3 Å². The minimum Gasteiger partial charge on any atom is -0.454 e. The molecule has 17 heavy (non-hydrogen) atoms. The summed E-state index contributed by atoms with van der Waals surface area (Å²) >= 11 is 0. The van der Waals surface area contributed by atoms with E-state index in [9.17, 15) is 4.79 Å². The first-order chi connectivity index (χ1) is 8.76. The summed E-state index contributed by atoms with van der Waals surface area (Å²) in [6, 6.07) is 4.99. The Balaban J connectivity index is 2.12. The van der Waals surface area contributed by atoms with Gasteiger partial charge in [-0.15, -0.1) is 0 Å². The number of Topliss-reactive ketones (excluding diaryl/α,β-unsaturated/α-hetero) is 1. The van der Waals surface area contributed by atoms with Crippen LogP contribution in [0.4, 0.5) is 0 Å². The maximum Gasteiger partial charge on any atom is 0.231 e. The molecule has 1 unspecified atom stereocenters. The van der Waals surface area contributed by atoms with Gasteiger partial charge in [0, 0.05) is 6.93 Å². The Morgan fingerprint density at radius 1 is 1.53 bits per heavy atom. The fourth-order valence-electron chi connectivity index (χ4n) is 1.85. The van der Waals surface area contributed by atoms with E-state index in [0.717, 1.165) is 0 Å². The fraction of sp³-hybridized carbons (Fsp3) is 0.462. The number of benzene rings is 1. The summed E-state index contributed by atoms with van der Waals surface area (Å²) in [6.07, 6.45) is 0.702. The van der Waals surface area contributed by atoms with E-state index in [0.29, 0.717) is 30.0 Å². The van der Waals surface area contributed by atoms with E-state index in [4.69, 9.17) is 10.8 Å². The van der Waals surface area contributed by atoms with Gasteiger partial charge >= 0.3 is 0 Å². The van der Waals surface area contributed by atoms with Crippen LogP contribution >= 0.6 is 0 Å². The fourth-order valence-corrected chi connectivity index (χ4v) is 1.85. The monoisotopic (exact) mass is 236 g/mol. The van der Waals surface area contributed by atoms with Crippen LogP contribution in [0, 0.1) is 0 Å². The van der Waals surface area contributed by atoms with Gasteiger partial charge in [0.25, 0.3) is 0 Å². The van der Waals surface area contributed by atoms with E-state index < -0.39 is 0 Å². The predicted molar refractivity (Wildman–Crippen MR) is 64.7 cm³/mol. The third-order valence-corrected chi connectivity index (χ3v) is 2.77. The Bertz CT molecular complexity index is 436. The van der Waals surface area contributed by atoms with Crippen LogP contribution in [-0.4, -0.2) is 25.2 Å². The summed E-state index contributed by atoms with van der Waals surface area (Å²) in [5.74, 6) is 1.33. The van der Waals surface area contributed by atoms with Gasteiger partial charge in [0.1, 0.15) is 0 Å². The second-order valence-corrected chi connectivity index (χ2v) is 3.85. The summed E-state index contributed by atoms with van der Waals surface area (Å²) in [7, 11) is 0. The lowest BCUT2D eigenvalue weighted by Crippen LogP contribution is -2.35. The Morgan fingerprint density at radius 2 is 2.35 bits per heavy atom. The Labute approximate surface area is 102 Å². The molecule has 0 radical (unpaired) electrons. The van der Waals surface area contributed by atoms with Crippen molar-refractivity contribution >= 4 is 5.78 Å². The topological polar surface area (TPSA) is 47.6 Å². The summed E-state index contributed by atoms with van der Waals surface area (Å²) in [5, 5.41) is 3.08. The molecular weight excluding hydrogens is 218 g/mol. The molecule has 4 nitrogen and oxygen atoms in total. The standard InChI is InChI=1S/C13H17NO3/c1-3-10(14-4-2)13(15)9-5-6-11-12(7-9)17-8-16-11/h5-7,10,14H,3-4,8H2,1-2H3/i2D. The normalized spacial score (nSPS) is 15.5. The lowest BCUT2D eigenvalue weighted by molar-refractivity contribution is 0.0941. The summed E-state index contributed by atoms with van der Waals surface area (Å²) in [5.41, 5.74) is 0.614. The van der Waals surface area contributed by atoms with Crippen molar-refractivity contribution in [1.29, 1.82) is 0 Å². The first kappa shape index (κ1) is 10.6. The number of nitrogens with one attached hydrogen (secondary N) is 1. The molecule has 1 atom stereocenters. The lowest BCUT2D eigenvalue weighted by Gasteiger charge is -2.14. The lowest BCUT2D eigenvalue weighted by atomic mass is 10.0. The van der Waals surface area contributed by atoms with Gasteiger partial charge in [-0.05, 0) is 31.2 Å². The van der Waals surface area contributed by atoms with Crippen LogP contribution in [0.2, 0.25) is 0 Å². The summed E-state index contributed by atoms with van der Waals surface area (Å²) < 4.78 is 17.6. The maximum atomic E-state index is 12.3. The molecule has 1 N–H and O–H groups in total. The van der Waals surface area contributed by atoms with Crippen molar-refractivity contribution in [1.82, 2.24) is 5.32 Å².